The summed E-state index contributed by atoms with van der Waals surface area (Å²) in [5.41, 5.74) is 7.56. The minimum absolute atomic E-state index is 0.589. The maximum Gasteiger partial charge on any atom is 0.129 e. The number of aryl methyl sites for hydroxylation is 1. The van der Waals surface area contributed by atoms with Crippen LogP contribution in [-0.2, 0) is 0 Å². The van der Waals surface area contributed by atoms with E-state index in [9.17, 15) is 0 Å². The first-order valence-electron chi connectivity index (χ1n) is 6.14. The number of pyridine rings is 1. The average Bonchev–Trinajstić information content (AvgIpc) is 2.25. The summed E-state index contributed by atoms with van der Waals surface area (Å²) in [6.07, 6.45) is 6.89. The number of anilines is 2. The van der Waals surface area contributed by atoms with Crippen LogP contribution < -0.4 is 11.1 Å². The maximum absolute atomic E-state index is 5.69. The molecule has 2 rings (SSSR count). The molecule has 1 fully saturated rings. The molecule has 88 valence electrons. The van der Waals surface area contributed by atoms with Gasteiger partial charge in [-0.25, -0.2) is 4.98 Å². The van der Waals surface area contributed by atoms with Crippen molar-refractivity contribution in [3.63, 3.8) is 0 Å². The van der Waals surface area contributed by atoms with E-state index < -0.39 is 0 Å². The Hall–Kier alpha value is -1.25. The van der Waals surface area contributed by atoms with E-state index in [-0.39, 0.29) is 0 Å². The summed E-state index contributed by atoms with van der Waals surface area (Å²) < 4.78 is 0. The van der Waals surface area contributed by atoms with Crippen LogP contribution in [0.4, 0.5) is 11.5 Å². The van der Waals surface area contributed by atoms with Gasteiger partial charge in [0.15, 0.2) is 0 Å². The van der Waals surface area contributed by atoms with Gasteiger partial charge in [-0.2, -0.15) is 0 Å². The summed E-state index contributed by atoms with van der Waals surface area (Å²) in [4.78, 5) is 4.35. The Bertz CT molecular complexity index is 354. The fraction of sp³-hybridized carbons (Fsp3) is 0.615. The zero-order valence-corrected chi connectivity index (χ0v) is 10.2. The number of rotatable bonds is 2. The van der Waals surface area contributed by atoms with E-state index in [1.54, 1.807) is 6.20 Å². The first-order valence-corrected chi connectivity index (χ1v) is 6.14. The summed E-state index contributed by atoms with van der Waals surface area (Å²) in [6.45, 7) is 4.39. The Morgan fingerprint density at radius 1 is 1.31 bits per heavy atom. The van der Waals surface area contributed by atoms with Crippen molar-refractivity contribution in [2.45, 2.75) is 45.6 Å². The Labute approximate surface area is 97.5 Å². The molecule has 3 heteroatoms. The van der Waals surface area contributed by atoms with E-state index in [1.807, 2.05) is 6.07 Å². The first kappa shape index (κ1) is 11.2. The average molecular weight is 219 g/mol. The second-order valence-electron chi connectivity index (χ2n) is 5.04. The second-order valence-corrected chi connectivity index (χ2v) is 5.04. The minimum atomic E-state index is 0.589. The van der Waals surface area contributed by atoms with Crippen molar-refractivity contribution in [1.82, 2.24) is 4.98 Å². The lowest BCUT2D eigenvalue weighted by atomic mass is 9.87. The molecule has 0 saturated heterocycles. The van der Waals surface area contributed by atoms with Crippen molar-refractivity contribution in [3.05, 3.63) is 17.8 Å². The fourth-order valence-electron chi connectivity index (χ4n) is 2.35. The van der Waals surface area contributed by atoms with Crippen LogP contribution in [0.15, 0.2) is 12.3 Å². The summed E-state index contributed by atoms with van der Waals surface area (Å²) in [5.74, 6) is 1.88. The van der Waals surface area contributed by atoms with Crippen LogP contribution in [0.5, 0.6) is 0 Å². The molecule has 0 spiro atoms. The molecule has 0 aliphatic heterocycles. The second kappa shape index (κ2) is 4.73. The van der Waals surface area contributed by atoms with Crippen molar-refractivity contribution in [2.24, 2.45) is 5.92 Å². The number of nitrogens with two attached hydrogens (primary N) is 1. The highest BCUT2D eigenvalue weighted by Gasteiger charge is 2.18. The van der Waals surface area contributed by atoms with E-state index in [2.05, 4.69) is 24.1 Å². The zero-order chi connectivity index (χ0) is 11.5. The SMILES string of the molecule is Cc1cc(N)cnc1NC1CCC(C)CC1. The summed E-state index contributed by atoms with van der Waals surface area (Å²) >= 11 is 0. The molecule has 1 aliphatic rings. The molecule has 0 aromatic carbocycles. The largest absolute Gasteiger partial charge is 0.397 e. The molecule has 0 radical (unpaired) electrons. The highest BCUT2D eigenvalue weighted by atomic mass is 15.0. The predicted octanol–water partition coefficient (Wildman–Crippen LogP) is 2.96. The summed E-state index contributed by atoms with van der Waals surface area (Å²) in [5, 5.41) is 3.53. The Balaban J connectivity index is 1.98. The smallest absolute Gasteiger partial charge is 0.129 e. The number of nitrogens with zero attached hydrogens (tertiary/aromatic N) is 1. The first-order chi connectivity index (χ1) is 7.65. The van der Waals surface area contributed by atoms with Gasteiger partial charge >= 0.3 is 0 Å². The lowest BCUT2D eigenvalue weighted by Gasteiger charge is -2.27. The molecule has 1 saturated carbocycles. The topological polar surface area (TPSA) is 50.9 Å². The van der Waals surface area contributed by atoms with Crippen molar-refractivity contribution in [1.29, 1.82) is 0 Å². The summed E-state index contributed by atoms with van der Waals surface area (Å²) in [6, 6.07) is 2.56. The van der Waals surface area contributed by atoms with E-state index in [0.717, 1.165) is 23.0 Å². The molecule has 16 heavy (non-hydrogen) atoms. The molecule has 1 aromatic rings. The lowest BCUT2D eigenvalue weighted by Crippen LogP contribution is -2.26. The molecule has 1 heterocycles. The molecule has 0 atom stereocenters. The van der Waals surface area contributed by atoms with E-state index in [0.29, 0.717) is 6.04 Å². The fourth-order valence-corrected chi connectivity index (χ4v) is 2.35. The molecule has 3 N–H and O–H groups in total. The van der Waals surface area contributed by atoms with Gasteiger partial charge in [-0.05, 0) is 50.2 Å². The number of aromatic nitrogens is 1. The van der Waals surface area contributed by atoms with E-state index >= 15 is 0 Å². The van der Waals surface area contributed by atoms with Crippen molar-refractivity contribution < 1.29 is 0 Å². The standard InChI is InChI=1S/C13H21N3/c1-9-3-5-12(6-4-9)16-13-10(2)7-11(14)8-15-13/h7-9,12H,3-6,14H2,1-2H3,(H,15,16). The van der Waals surface area contributed by atoms with Gasteiger partial charge in [-0.3, -0.25) is 0 Å². The third kappa shape index (κ3) is 2.65. The number of hydrogen-bond acceptors (Lipinski definition) is 3. The highest BCUT2D eigenvalue weighted by molar-refractivity contribution is 5.51. The highest BCUT2D eigenvalue weighted by Crippen LogP contribution is 2.26. The third-order valence-electron chi connectivity index (χ3n) is 3.46. The number of hydrogen-bond donors (Lipinski definition) is 2. The molecule has 1 aliphatic carbocycles. The quantitative estimate of drug-likeness (QED) is 0.804. The van der Waals surface area contributed by atoms with Crippen molar-refractivity contribution in [3.8, 4) is 0 Å². The number of nitrogen functional groups attached to an aromatic ring is 1. The molecule has 0 amide bonds. The molecule has 1 aromatic heterocycles. The van der Waals surface area contributed by atoms with Crippen LogP contribution in [0.3, 0.4) is 0 Å². The van der Waals surface area contributed by atoms with Gasteiger partial charge in [0, 0.05) is 6.04 Å². The van der Waals surface area contributed by atoms with Gasteiger partial charge < -0.3 is 11.1 Å². The minimum Gasteiger partial charge on any atom is -0.397 e. The van der Waals surface area contributed by atoms with Crippen molar-refractivity contribution in [2.75, 3.05) is 11.1 Å². The van der Waals surface area contributed by atoms with E-state index in [4.69, 9.17) is 5.73 Å². The summed E-state index contributed by atoms with van der Waals surface area (Å²) in [7, 11) is 0. The van der Waals surface area contributed by atoms with Gasteiger partial charge in [0.25, 0.3) is 0 Å². The lowest BCUT2D eigenvalue weighted by molar-refractivity contribution is 0.360. The van der Waals surface area contributed by atoms with Gasteiger partial charge in [-0.1, -0.05) is 6.92 Å². The molecule has 0 bridgehead atoms. The third-order valence-corrected chi connectivity index (χ3v) is 3.46. The van der Waals surface area contributed by atoms with E-state index in [1.165, 1.54) is 25.7 Å². The normalized spacial score (nSPS) is 25.4. The van der Waals surface area contributed by atoms with Gasteiger partial charge in [0.2, 0.25) is 0 Å². The van der Waals surface area contributed by atoms with Gasteiger partial charge in [0.05, 0.1) is 11.9 Å². The van der Waals surface area contributed by atoms with Gasteiger partial charge in [-0.15, -0.1) is 0 Å². The number of nitrogens with one attached hydrogen (secondary N) is 1. The van der Waals surface area contributed by atoms with Crippen LogP contribution >= 0.6 is 0 Å². The molecular formula is C13H21N3. The van der Waals surface area contributed by atoms with Crippen LogP contribution in [0.25, 0.3) is 0 Å². The van der Waals surface area contributed by atoms with Crippen molar-refractivity contribution >= 4 is 11.5 Å². The van der Waals surface area contributed by atoms with Gasteiger partial charge in [0.1, 0.15) is 5.82 Å². The molecular weight excluding hydrogens is 198 g/mol. The predicted molar refractivity (Wildman–Crippen MR) is 68.4 cm³/mol. The van der Waals surface area contributed by atoms with Crippen LogP contribution in [0, 0.1) is 12.8 Å². The van der Waals surface area contributed by atoms with Crippen LogP contribution in [0.2, 0.25) is 0 Å². The molecule has 3 nitrogen and oxygen atoms in total. The monoisotopic (exact) mass is 219 g/mol. The van der Waals surface area contributed by atoms with Crippen LogP contribution in [0.1, 0.15) is 38.2 Å². The Morgan fingerprint density at radius 3 is 2.62 bits per heavy atom. The Morgan fingerprint density at radius 2 is 2.00 bits per heavy atom. The zero-order valence-electron chi connectivity index (χ0n) is 10.2. The van der Waals surface area contributed by atoms with Crippen LogP contribution in [-0.4, -0.2) is 11.0 Å². The molecule has 0 unspecified atom stereocenters. The Kier molecular flexibility index (Phi) is 3.32. The maximum atomic E-state index is 5.69.